The van der Waals surface area contributed by atoms with Gasteiger partial charge < -0.3 is 5.32 Å². The summed E-state index contributed by atoms with van der Waals surface area (Å²) in [6, 6.07) is 1.86. The van der Waals surface area contributed by atoms with E-state index in [0.29, 0.717) is 5.82 Å². The quantitative estimate of drug-likeness (QED) is 0.900. The van der Waals surface area contributed by atoms with Gasteiger partial charge in [-0.3, -0.25) is 4.57 Å². The third-order valence-corrected chi connectivity index (χ3v) is 3.42. The molecule has 0 fully saturated rings. The zero-order chi connectivity index (χ0) is 17.2. The van der Waals surface area contributed by atoms with Crippen molar-refractivity contribution in [3.05, 3.63) is 35.8 Å². The Bertz CT molecular complexity index is 659. The number of aromatic nitrogens is 4. The second-order valence-electron chi connectivity index (χ2n) is 6.78. The number of hydrogen-bond donors (Lipinski definition) is 1. The van der Waals surface area contributed by atoms with Gasteiger partial charge in [0.05, 0.1) is 12.2 Å². The lowest BCUT2D eigenvalue weighted by Gasteiger charge is -2.20. The molecule has 0 aliphatic carbocycles. The number of rotatable bonds is 5. The molecule has 5 nitrogen and oxygen atoms in total. The second-order valence-corrected chi connectivity index (χ2v) is 6.78. The monoisotopic (exact) mass is 323 g/mol. The van der Waals surface area contributed by atoms with Crippen molar-refractivity contribution in [3.63, 3.8) is 0 Å². The van der Waals surface area contributed by atoms with E-state index in [1.54, 1.807) is 0 Å². The van der Waals surface area contributed by atoms with Crippen LogP contribution in [0.2, 0.25) is 0 Å². The summed E-state index contributed by atoms with van der Waals surface area (Å²) in [5.41, 5.74) is 0.792. The Kier molecular flexibility index (Phi) is 4.97. The summed E-state index contributed by atoms with van der Waals surface area (Å²) in [7, 11) is 0. The molecule has 0 spiro atoms. The number of nitrogens with one attached hydrogen (secondary N) is 1. The summed E-state index contributed by atoms with van der Waals surface area (Å²) in [5, 5.41) is 3.08. The van der Waals surface area contributed by atoms with Crippen LogP contribution in [-0.4, -0.2) is 19.5 Å². The molecule has 0 amide bonds. The SMILES string of the molecule is CC(C)c1nc(NCc2nccn2C(F)F)cc(C(C)(C)C)n1. The van der Waals surface area contributed by atoms with Crippen molar-refractivity contribution >= 4 is 5.82 Å². The van der Waals surface area contributed by atoms with Crippen LogP contribution < -0.4 is 5.32 Å². The molecule has 0 radical (unpaired) electrons. The highest BCUT2D eigenvalue weighted by atomic mass is 19.3. The third-order valence-electron chi connectivity index (χ3n) is 3.42. The van der Waals surface area contributed by atoms with Crippen molar-refractivity contribution in [2.75, 3.05) is 5.32 Å². The van der Waals surface area contributed by atoms with Crippen LogP contribution in [0.15, 0.2) is 18.5 Å². The Hall–Kier alpha value is -2.05. The van der Waals surface area contributed by atoms with E-state index >= 15 is 0 Å². The highest BCUT2D eigenvalue weighted by molar-refractivity contribution is 5.38. The molecule has 2 rings (SSSR count). The van der Waals surface area contributed by atoms with E-state index in [4.69, 9.17) is 0 Å². The van der Waals surface area contributed by atoms with Crippen LogP contribution in [-0.2, 0) is 12.0 Å². The van der Waals surface area contributed by atoms with E-state index in [2.05, 4.69) is 41.0 Å². The molecule has 1 N–H and O–H groups in total. The van der Waals surface area contributed by atoms with Gasteiger partial charge in [-0.1, -0.05) is 34.6 Å². The normalized spacial score (nSPS) is 12.2. The van der Waals surface area contributed by atoms with Gasteiger partial charge in [-0.05, 0) is 0 Å². The molecule has 126 valence electrons. The molecule has 0 saturated heterocycles. The molecule has 0 aromatic carbocycles. The van der Waals surface area contributed by atoms with Gasteiger partial charge in [0.1, 0.15) is 17.5 Å². The van der Waals surface area contributed by atoms with E-state index in [9.17, 15) is 8.78 Å². The van der Waals surface area contributed by atoms with E-state index < -0.39 is 6.55 Å². The van der Waals surface area contributed by atoms with E-state index in [-0.39, 0.29) is 23.7 Å². The molecular formula is C16H23F2N5. The average Bonchev–Trinajstić information content (AvgIpc) is 2.92. The highest BCUT2D eigenvalue weighted by Crippen LogP contribution is 2.24. The maximum atomic E-state index is 12.8. The fourth-order valence-corrected chi connectivity index (χ4v) is 2.03. The summed E-state index contributed by atoms with van der Waals surface area (Å²) < 4.78 is 26.5. The van der Waals surface area contributed by atoms with Gasteiger partial charge in [-0.25, -0.2) is 15.0 Å². The Labute approximate surface area is 135 Å². The van der Waals surface area contributed by atoms with Crippen LogP contribution in [0.25, 0.3) is 0 Å². The Morgan fingerprint density at radius 1 is 1.22 bits per heavy atom. The number of imidazole rings is 1. The van der Waals surface area contributed by atoms with Crippen LogP contribution >= 0.6 is 0 Å². The first-order chi connectivity index (χ1) is 10.7. The molecule has 0 unspecified atom stereocenters. The van der Waals surface area contributed by atoms with Crippen molar-refractivity contribution in [1.29, 1.82) is 0 Å². The Morgan fingerprint density at radius 2 is 1.91 bits per heavy atom. The van der Waals surface area contributed by atoms with E-state index in [1.165, 1.54) is 12.4 Å². The number of hydrogen-bond acceptors (Lipinski definition) is 4. The molecule has 0 atom stereocenters. The Morgan fingerprint density at radius 3 is 2.48 bits per heavy atom. The number of anilines is 1. The minimum Gasteiger partial charge on any atom is -0.363 e. The predicted molar refractivity (Wildman–Crippen MR) is 85.6 cm³/mol. The van der Waals surface area contributed by atoms with Crippen LogP contribution in [0.5, 0.6) is 0 Å². The van der Waals surface area contributed by atoms with Crippen molar-refractivity contribution in [2.24, 2.45) is 0 Å². The summed E-state index contributed by atoms with van der Waals surface area (Å²) in [6.45, 7) is 7.85. The van der Waals surface area contributed by atoms with Crippen molar-refractivity contribution in [2.45, 2.75) is 59.0 Å². The standard InChI is InChI=1S/C16H23F2N5/c1-10(2)14-21-11(16(3,4)5)8-12(22-14)20-9-13-19-6-7-23(13)15(17)18/h6-8,10,15H,9H2,1-5H3,(H,20,21,22). The summed E-state index contributed by atoms with van der Waals surface area (Å²) in [4.78, 5) is 13.0. The lowest BCUT2D eigenvalue weighted by atomic mass is 9.91. The van der Waals surface area contributed by atoms with Crippen molar-refractivity contribution in [3.8, 4) is 0 Å². The molecule has 0 aliphatic rings. The first-order valence-electron chi connectivity index (χ1n) is 7.61. The van der Waals surface area contributed by atoms with Gasteiger partial charge in [0.15, 0.2) is 0 Å². The van der Waals surface area contributed by atoms with Crippen molar-refractivity contribution < 1.29 is 8.78 Å². The average molecular weight is 323 g/mol. The Balaban J connectivity index is 2.25. The molecule has 2 heterocycles. The van der Waals surface area contributed by atoms with Gasteiger partial charge in [-0.15, -0.1) is 0 Å². The van der Waals surface area contributed by atoms with Gasteiger partial charge >= 0.3 is 6.55 Å². The molecule has 0 aliphatic heterocycles. The van der Waals surface area contributed by atoms with E-state index in [1.807, 2.05) is 19.9 Å². The zero-order valence-electron chi connectivity index (χ0n) is 14.1. The first kappa shape index (κ1) is 17.3. The van der Waals surface area contributed by atoms with Crippen LogP contribution in [0.4, 0.5) is 14.6 Å². The molecular weight excluding hydrogens is 300 g/mol. The predicted octanol–water partition coefficient (Wildman–Crippen LogP) is 4.10. The smallest absolute Gasteiger partial charge is 0.319 e. The van der Waals surface area contributed by atoms with Crippen LogP contribution in [0, 0.1) is 0 Å². The van der Waals surface area contributed by atoms with Gasteiger partial charge in [-0.2, -0.15) is 8.78 Å². The minimum atomic E-state index is -2.60. The van der Waals surface area contributed by atoms with Crippen molar-refractivity contribution in [1.82, 2.24) is 19.5 Å². The van der Waals surface area contributed by atoms with Gasteiger partial charge in [0, 0.05) is 29.8 Å². The molecule has 2 aromatic rings. The van der Waals surface area contributed by atoms with Crippen LogP contribution in [0.3, 0.4) is 0 Å². The van der Waals surface area contributed by atoms with Gasteiger partial charge in [0.2, 0.25) is 0 Å². The number of alkyl halides is 2. The largest absolute Gasteiger partial charge is 0.363 e. The molecule has 0 bridgehead atoms. The number of nitrogens with zero attached hydrogens (tertiary/aromatic N) is 4. The lowest BCUT2D eigenvalue weighted by molar-refractivity contribution is 0.0673. The molecule has 7 heteroatoms. The fourth-order valence-electron chi connectivity index (χ4n) is 2.03. The minimum absolute atomic E-state index is 0.121. The molecule has 23 heavy (non-hydrogen) atoms. The first-order valence-corrected chi connectivity index (χ1v) is 7.61. The maximum Gasteiger partial charge on any atom is 0.319 e. The summed E-state index contributed by atoms with van der Waals surface area (Å²) in [6.07, 6.45) is 2.63. The number of halogens is 2. The van der Waals surface area contributed by atoms with Crippen LogP contribution in [0.1, 0.15) is 64.4 Å². The third kappa shape index (κ3) is 4.24. The molecule has 2 aromatic heterocycles. The topological polar surface area (TPSA) is 55.6 Å². The summed E-state index contributed by atoms with van der Waals surface area (Å²) in [5.74, 6) is 1.80. The fraction of sp³-hybridized carbons (Fsp3) is 0.562. The zero-order valence-corrected chi connectivity index (χ0v) is 14.1. The molecule has 0 saturated carbocycles. The highest BCUT2D eigenvalue weighted by Gasteiger charge is 2.19. The second kappa shape index (κ2) is 6.60. The van der Waals surface area contributed by atoms with E-state index in [0.717, 1.165) is 16.1 Å². The lowest BCUT2D eigenvalue weighted by Crippen LogP contribution is -2.18. The summed E-state index contributed by atoms with van der Waals surface area (Å²) >= 11 is 0. The van der Waals surface area contributed by atoms with Gasteiger partial charge in [0.25, 0.3) is 0 Å². The maximum absolute atomic E-state index is 12.8.